The van der Waals surface area contributed by atoms with Crippen molar-refractivity contribution in [1.82, 2.24) is 0 Å². The number of hydrogen-bond donors (Lipinski definition) is 3. The van der Waals surface area contributed by atoms with Gasteiger partial charge in [0.2, 0.25) is 5.75 Å². The van der Waals surface area contributed by atoms with Crippen molar-refractivity contribution in [1.29, 1.82) is 0 Å². The predicted molar refractivity (Wildman–Crippen MR) is 106 cm³/mol. The molecule has 3 rings (SSSR count). The molecule has 0 amide bonds. The molecule has 0 saturated heterocycles. The Morgan fingerprint density at radius 2 is 1.08 bits per heavy atom. The van der Waals surface area contributed by atoms with E-state index >= 15 is 0 Å². The van der Waals surface area contributed by atoms with Gasteiger partial charge in [0.15, 0.2) is 11.5 Å². The second-order valence-electron chi connectivity index (χ2n) is 9.63. The van der Waals surface area contributed by atoms with Gasteiger partial charge in [0.25, 0.3) is 0 Å². The van der Waals surface area contributed by atoms with Gasteiger partial charge in [-0.15, -0.1) is 0 Å². The molecule has 2 aliphatic carbocycles. The van der Waals surface area contributed by atoms with Crippen LogP contribution in [0.2, 0.25) is 0 Å². The summed E-state index contributed by atoms with van der Waals surface area (Å²) in [5.41, 5.74) is 2.75. The van der Waals surface area contributed by atoms with Gasteiger partial charge in [-0.1, -0.05) is 33.1 Å². The molecule has 3 heteroatoms. The van der Waals surface area contributed by atoms with Crippen molar-refractivity contribution in [3.05, 3.63) is 17.2 Å². The number of aromatic hydroxyl groups is 3. The molecule has 3 nitrogen and oxygen atoms in total. The monoisotopic (exact) mass is 360 g/mol. The predicted octanol–water partition coefficient (Wildman–Crippen LogP) is 6.22. The highest BCUT2D eigenvalue weighted by molar-refractivity contribution is 5.57. The van der Waals surface area contributed by atoms with Gasteiger partial charge in [-0.2, -0.15) is 0 Å². The highest BCUT2D eigenvalue weighted by atomic mass is 16.3. The second kappa shape index (κ2) is 7.70. The van der Waals surface area contributed by atoms with Crippen LogP contribution in [0, 0.1) is 10.8 Å². The molecule has 0 unspecified atom stereocenters. The fourth-order valence-electron chi connectivity index (χ4n) is 3.98. The maximum atomic E-state index is 10.2. The smallest absolute Gasteiger partial charge is 0.200 e. The molecule has 0 aliphatic heterocycles. The van der Waals surface area contributed by atoms with Crippen LogP contribution < -0.4 is 0 Å². The molecule has 0 atom stereocenters. The van der Waals surface area contributed by atoms with Crippen LogP contribution >= 0.6 is 0 Å². The lowest BCUT2D eigenvalue weighted by Gasteiger charge is -2.14. The van der Waals surface area contributed by atoms with Crippen LogP contribution in [0.25, 0.3) is 0 Å². The van der Waals surface area contributed by atoms with E-state index in [9.17, 15) is 15.3 Å². The van der Waals surface area contributed by atoms with E-state index in [0.29, 0.717) is 10.8 Å². The fraction of sp³-hybridized carbons (Fsp3) is 0.739. The average Bonchev–Trinajstić information content (AvgIpc) is 3.52. The lowest BCUT2D eigenvalue weighted by atomic mass is 9.95. The van der Waals surface area contributed by atoms with Crippen molar-refractivity contribution in [3.8, 4) is 17.2 Å². The van der Waals surface area contributed by atoms with Gasteiger partial charge >= 0.3 is 0 Å². The summed E-state index contributed by atoms with van der Waals surface area (Å²) in [5, 5.41) is 30.4. The summed E-state index contributed by atoms with van der Waals surface area (Å²) in [5.74, 6) is -0.603. The van der Waals surface area contributed by atoms with E-state index in [1.54, 1.807) is 0 Å². The molecule has 26 heavy (non-hydrogen) atoms. The molecule has 3 N–H and O–H groups in total. The van der Waals surface area contributed by atoms with Crippen molar-refractivity contribution in [2.24, 2.45) is 10.8 Å². The largest absolute Gasteiger partial charge is 0.504 e. The van der Waals surface area contributed by atoms with Crippen LogP contribution in [0.15, 0.2) is 6.07 Å². The minimum atomic E-state index is -0.336. The number of benzene rings is 1. The molecule has 0 heterocycles. The van der Waals surface area contributed by atoms with E-state index in [4.69, 9.17) is 0 Å². The van der Waals surface area contributed by atoms with Gasteiger partial charge in [-0.25, -0.2) is 0 Å². The van der Waals surface area contributed by atoms with Crippen LogP contribution in [-0.2, 0) is 12.8 Å². The number of phenols is 3. The van der Waals surface area contributed by atoms with Crippen molar-refractivity contribution in [2.75, 3.05) is 0 Å². The quantitative estimate of drug-likeness (QED) is 0.324. The van der Waals surface area contributed by atoms with Gasteiger partial charge in [0.1, 0.15) is 0 Å². The number of unbranched alkanes of at least 4 members (excludes halogenated alkanes) is 3. The average molecular weight is 361 g/mol. The maximum Gasteiger partial charge on any atom is 0.200 e. The Balaban J connectivity index is 1.48. The van der Waals surface area contributed by atoms with E-state index in [-0.39, 0.29) is 17.2 Å². The first-order valence-corrected chi connectivity index (χ1v) is 10.6. The van der Waals surface area contributed by atoms with E-state index in [0.717, 1.165) is 49.7 Å². The van der Waals surface area contributed by atoms with Gasteiger partial charge in [0, 0.05) is 0 Å². The zero-order chi connectivity index (χ0) is 18.8. The number of hydrogen-bond acceptors (Lipinski definition) is 3. The first-order valence-electron chi connectivity index (χ1n) is 10.6. The zero-order valence-corrected chi connectivity index (χ0v) is 16.6. The van der Waals surface area contributed by atoms with Gasteiger partial charge in [0.05, 0.1) is 0 Å². The summed E-state index contributed by atoms with van der Waals surface area (Å²) in [7, 11) is 0. The lowest BCUT2D eigenvalue weighted by molar-refractivity contribution is 0.361. The van der Waals surface area contributed by atoms with E-state index < -0.39 is 0 Å². The summed E-state index contributed by atoms with van der Waals surface area (Å²) in [6, 6.07) is 1.91. The summed E-state index contributed by atoms with van der Waals surface area (Å²) in [6.45, 7) is 4.71. The molecule has 2 saturated carbocycles. The van der Waals surface area contributed by atoms with Crippen LogP contribution in [-0.4, -0.2) is 15.3 Å². The molecule has 146 valence electrons. The van der Waals surface area contributed by atoms with Crippen molar-refractivity contribution >= 4 is 0 Å². The Kier molecular flexibility index (Phi) is 5.74. The summed E-state index contributed by atoms with van der Waals surface area (Å²) in [6.07, 6.45) is 15.1. The van der Waals surface area contributed by atoms with Crippen molar-refractivity contribution in [3.63, 3.8) is 0 Å². The standard InChI is InChI=1S/C23H36O3/c1-22(12-13-22)10-6-3-4-8-17-16-18(20(25)21(26)19(17)24)9-5-7-11-23(2)14-15-23/h16,24-26H,3-15H2,1-2H3. The van der Waals surface area contributed by atoms with Crippen LogP contribution in [0.5, 0.6) is 17.2 Å². The molecule has 0 radical (unpaired) electrons. The van der Waals surface area contributed by atoms with Gasteiger partial charge in [-0.05, 0) is 92.2 Å². The molecule has 1 aromatic carbocycles. The third-order valence-electron chi connectivity index (χ3n) is 6.82. The lowest BCUT2D eigenvalue weighted by Crippen LogP contribution is -1.97. The molecular weight excluding hydrogens is 324 g/mol. The van der Waals surface area contributed by atoms with Gasteiger partial charge < -0.3 is 15.3 Å². The molecule has 2 fully saturated rings. The van der Waals surface area contributed by atoms with E-state index in [1.807, 2.05) is 6.07 Å². The Bertz CT molecular complexity index is 627. The Morgan fingerprint density at radius 1 is 0.654 bits per heavy atom. The Hall–Kier alpha value is -1.38. The SMILES string of the molecule is CC1(CCCCCc2cc(CCCCC3(C)CC3)c(O)c(O)c2O)CC1. The third-order valence-corrected chi connectivity index (χ3v) is 6.82. The van der Waals surface area contributed by atoms with E-state index in [1.165, 1.54) is 44.9 Å². The Morgan fingerprint density at radius 3 is 1.54 bits per heavy atom. The summed E-state index contributed by atoms with van der Waals surface area (Å²) >= 11 is 0. The topological polar surface area (TPSA) is 60.7 Å². The van der Waals surface area contributed by atoms with Crippen LogP contribution in [0.3, 0.4) is 0 Å². The normalized spacial score (nSPS) is 19.5. The number of rotatable bonds is 11. The van der Waals surface area contributed by atoms with Gasteiger partial charge in [-0.3, -0.25) is 0 Å². The number of aryl methyl sites for hydroxylation is 2. The van der Waals surface area contributed by atoms with Crippen molar-refractivity contribution in [2.45, 2.75) is 97.3 Å². The first-order chi connectivity index (χ1) is 12.3. The Labute approximate surface area is 158 Å². The minimum Gasteiger partial charge on any atom is -0.504 e. The minimum absolute atomic E-state index is 0.133. The fourth-order valence-corrected chi connectivity index (χ4v) is 3.98. The molecule has 0 bridgehead atoms. The first kappa shape index (κ1) is 19.4. The molecule has 0 aromatic heterocycles. The molecule has 0 spiro atoms. The van der Waals surface area contributed by atoms with Crippen LogP contribution in [0.4, 0.5) is 0 Å². The zero-order valence-electron chi connectivity index (χ0n) is 16.6. The number of phenolic OH excluding ortho intramolecular Hbond substituents is 3. The molecule has 2 aliphatic rings. The molecule has 1 aromatic rings. The molecular formula is C23H36O3. The van der Waals surface area contributed by atoms with Crippen LogP contribution in [0.1, 0.15) is 95.6 Å². The summed E-state index contributed by atoms with van der Waals surface area (Å²) in [4.78, 5) is 0. The third kappa shape index (κ3) is 5.08. The van der Waals surface area contributed by atoms with E-state index in [2.05, 4.69) is 13.8 Å². The highest BCUT2D eigenvalue weighted by Crippen LogP contribution is 2.50. The summed E-state index contributed by atoms with van der Waals surface area (Å²) < 4.78 is 0. The second-order valence-corrected chi connectivity index (χ2v) is 9.63. The van der Waals surface area contributed by atoms with Crippen molar-refractivity contribution < 1.29 is 15.3 Å². The maximum absolute atomic E-state index is 10.2. The highest BCUT2D eigenvalue weighted by Gasteiger charge is 2.36.